The van der Waals surface area contributed by atoms with E-state index in [1.54, 1.807) is 24.3 Å². The second kappa shape index (κ2) is 8.61. The van der Waals surface area contributed by atoms with Crippen molar-refractivity contribution in [3.8, 4) is 0 Å². The maximum atomic E-state index is 12.9. The molecule has 5 heteroatoms. The Morgan fingerprint density at radius 3 is 2.12 bits per heavy atom. The summed E-state index contributed by atoms with van der Waals surface area (Å²) < 4.78 is 12.9. The van der Waals surface area contributed by atoms with Crippen molar-refractivity contribution in [1.82, 2.24) is 5.32 Å². The fourth-order valence-corrected chi connectivity index (χ4v) is 3.23. The van der Waals surface area contributed by atoms with Crippen molar-refractivity contribution in [2.24, 2.45) is 0 Å². The summed E-state index contributed by atoms with van der Waals surface area (Å²) in [5.41, 5.74) is 1.37. The van der Waals surface area contributed by atoms with Crippen LogP contribution >= 0.6 is 0 Å². The minimum absolute atomic E-state index is 0.145. The summed E-state index contributed by atoms with van der Waals surface area (Å²) in [6.45, 7) is 0. The van der Waals surface area contributed by atoms with Gasteiger partial charge in [-0.15, -0.1) is 0 Å². The molecule has 0 aromatic heterocycles. The number of carbonyl (C=O) groups excluding carboxylic acids is 2. The van der Waals surface area contributed by atoms with Gasteiger partial charge in [-0.1, -0.05) is 31.7 Å². The SMILES string of the molecule is O=C(Nc1ccc(F)cc1)c1cccc(C(=O)NC2CCCCCC2)c1. The summed E-state index contributed by atoms with van der Waals surface area (Å²) in [7, 11) is 0. The summed E-state index contributed by atoms with van der Waals surface area (Å²) in [6, 6.07) is 12.4. The van der Waals surface area contributed by atoms with E-state index in [0.29, 0.717) is 16.8 Å². The zero-order valence-electron chi connectivity index (χ0n) is 14.6. The van der Waals surface area contributed by atoms with Gasteiger partial charge in [-0.3, -0.25) is 9.59 Å². The second-order valence-corrected chi connectivity index (χ2v) is 6.70. The van der Waals surface area contributed by atoms with Crippen molar-refractivity contribution in [2.75, 3.05) is 5.32 Å². The van der Waals surface area contributed by atoms with Gasteiger partial charge in [0.05, 0.1) is 0 Å². The van der Waals surface area contributed by atoms with E-state index in [2.05, 4.69) is 10.6 Å². The lowest BCUT2D eigenvalue weighted by Gasteiger charge is -2.16. The molecule has 0 unspecified atom stereocenters. The Morgan fingerprint density at radius 1 is 0.846 bits per heavy atom. The molecule has 2 aromatic carbocycles. The van der Waals surface area contributed by atoms with Crippen molar-refractivity contribution >= 4 is 17.5 Å². The summed E-state index contributed by atoms with van der Waals surface area (Å²) in [5.74, 6) is -0.839. The molecule has 0 bridgehead atoms. The average Bonchev–Trinajstić information content (AvgIpc) is 2.92. The van der Waals surface area contributed by atoms with E-state index in [9.17, 15) is 14.0 Å². The zero-order valence-corrected chi connectivity index (χ0v) is 14.6. The molecule has 0 heterocycles. The fraction of sp³-hybridized carbons (Fsp3) is 0.333. The van der Waals surface area contributed by atoms with Crippen LogP contribution in [0.15, 0.2) is 48.5 Å². The first-order valence-electron chi connectivity index (χ1n) is 9.10. The second-order valence-electron chi connectivity index (χ2n) is 6.70. The summed E-state index contributed by atoms with van der Waals surface area (Å²) in [6.07, 6.45) is 6.76. The van der Waals surface area contributed by atoms with E-state index in [1.807, 2.05) is 0 Å². The lowest BCUT2D eigenvalue weighted by Crippen LogP contribution is -2.34. The number of nitrogens with one attached hydrogen (secondary N) is 2. The van der Waals surface area contributed by atoms with E-state index in [-0.39, 0.29) is 23.7 Å². The van der Waals surface area contributed by atoms with E-state index < -0.39 is 0 Å². The van der Waals surface area contributed by atoms with E-state index in [4.69, 9.17) is 0 Å². The Labute approximate surface area is 152 Å². The highest BCUT2D eigenvalue weighted by atomic mass is 19.1. The van der Waals surface area contributed by atoms with Crippen molar-refractivity contribution in [3.05, 3.63) is 65.5 Å². The minimum atomic E-state index is -0.361. The molecule has 2 aromatic rings. The van der Waals surface area contributed by atoms with E-state index in [0.717, 1.165) is 25.7 Å². The van der Waals surface area contributed by atoms with Gasteiger partial charge in [0.2, 0.25) is 0 Å². The van der Waals surface area contributed by atoms with Gasteiger partial charge >= 0.3 is 0 Å². The van der Waals surface area contributed by atoms with Gasteiger partial charge in [-0.2, -0.15) is 0 Å². The number of anilines is 1. The standard InChI is InChI=1S/C21H23FN2O2/c22-17-10-12-19(13-11-17)24-21(26)16-7-5-6-15(14-16)20(25)23-18-8-3-1-2-4-9-18/h5-7,10-14,18H,1-4,8-9H2,(H,23,25)(H,24,26). The van der Waals surface area contributed by atoms with Gasteiger partial charge in [0.15, 0.2) is 0 Å². The monoisotopic (exact) mass is 354 g/mol. The van der Waals surface area contributed by atoms with Gasteiger partial charge in [-0.25, -0.2) is 4.39 Å². The van der Waals surface area contributed by atoms with Crippen LogP contribution in [-0.4, -0.2) is 17.9 Å². The van der Waals surface area contributed by atoms with Crippen LogP contribution in [0.1, 0.15) is 59.2 Å². The third kappa shape index (κ3) is 4.91. The maximum absolute atomic E-state index is 12.9. The number of amides is 2. The summed E-state index contributed by atoms with van der Waals surface area (Å²) in [4.78, 5) is 24.9. The highest BCUT2D eigenvalue weighted by Gasteiger charge is 2.17. The first-order chi connectivity index (χ1) is 12.6. The largest absolute Gasteiger partial charge is 0.349 e. The first kappa shape index (κ1) is 18.1. The van der Waals surface area contributed by atoms with Gasteiger partial charge in [0.1, 0.15) is 5.82 Å². The molecule has 26 heavy (non-hydrogen) atoms. The van der Waals surface area contributed by atoms with Crippen molar-refractivity contribution in [3.63, 3.8) is 0 Å². The zero-order chi connectivity index (χ0) is 18.4. The molecule has 3 rings (SSSR count). The number of rotatable bonds is 4. The molecule has 1 saturated carbocycles. The van der Waals surface area contributed by atoms with Gasteiger partial charge < -0.3 is 10.6 Å². The number of carbonyl (C=O) groups is 2. The Hall–Kier alpha value is -2.69. The van der Waals surface area contributed by atoms with Crippen LogP contribution in [0.25, 0.3) is 0 Å². The van der Waals surface area contributed by atoms with Crippen LogP contribution in [0.3, 0.4) is 0 Å². The van der Waals surface area contributed by atoms with Gasteiger partial charge in [0, 0.05) is 22.9 Å². The van der Waals surface area contributed by atoms with Crippen LogP contribution in [0.5, 0.6) is 0 Å². The molecule has 1 aliphatic rings. The lowest BCUT2D eigenvalue weighted by atomic mass is 10.1. The summed E-state index contributed by atoms with van der Waals surface area (Å²) >= 11 is 0. The highest BCUT2D eigenvalue weighted by molar-refractivity contribution is 6.06. The maximum Gasteiger partial charge on any atom is 0.255 e. The van der Waals surface area contributed by atoms with Crippen LogP contribution in [0, 0.1) is 5.82 Å². The lowest BCUT2D eigenvalue weighted by molar-refractivity contribution is 0.0933. The average molecular weight is 354 g/mol. The topological polar surface area (TPSA) is 58.2 Å². The third-order valence-corrected chi connectivity index (χ3v) is 4.68. The van der Waals surface area contributed by atoms with Crippen molar-refractivity contribution < 1.29 is 14.0 Å². The Kier molecular flexibility index (Phi) is 6.00. The molecule has 0 atom stereocenters. The molecule has 4 nitrogen and oxygen atoms in total. The molecule has 0 aliphatic heterocycles. The minimum Gasteiger partial charge on any atom is -0.349 e. The van der Waals surface area contributed by atoms with Crippen molar-refractivity contribution in [1.29, 1.82) is 0 Å². The molecule has 0 spiro atoms. The number of benzene rings is 2. The Bertz CT molecular complexity index is 766. The van der Waals surface area contributed by atoms with E-state index >= 15 is 0 Å². The van der Waals surface area contributed by atoms with Crippen LogP contribution < -0.4 is 10.6 Å². The molecule has 2 N–H and O–H groups in total. The molecule has 1 fully saturated rings. The van der Waals surface area contributed by atoms with Crippen LogP contribution in [-0.2, 0) is 0 Å². The molecular weight excluding hydrogens is 331 g/mol. The van der Waals surface area contributed by atoms with Gasteiger partial charge in [0.25, 0.3) is 11.8 Å². The third-order valence-electron chi connectivity index (χ3n) is 4.68. The van der Waals surface area contributed by atoms with Crippen molar-refractivity contribution in [2.45, 2.75) is 44.6 Å². The summed E-state index contributed by atoms with van der Waals surface area (Å²) in [5, 5.41) is 5.79. The number of hydrogen-bond donors (Lipinski definition) is 2. The number of halogens is 1. The molecule has 1 aliphatic carbocycles. The Morgan fingerprint density at radius 2 is 1.46 bits per heavy atom. The molecular formula is C21H23FN2O2. The quantitative estimate of drug-likeness (QED) is 0.793. The smallest absolute Gasteiger partial charge is 0.255 e. The molecule has 0 saturated heterocycles. The van der Waals surface area contributed by atoms with Crippen LogP contribution in [0.4, 0.5) is 10.1 Å². The molecule has 0 radical (unpaired) electrons. The van der Waals surface area contributed by atoms with Gasteiger partial charge in [-0.05, 0) is 55.3 Å². The molecule has 2 amide bonds. The predicted molar refractivity (Wildman–Crippen MR) is 99.8 cm³/mol. The van der Waals surface area contributed by atoms with E-state index in [1.165, 1.54) is 37.1 Å². The predicted octanol–water partition coefficient (Wildman–Crippen LogP) is 4.53. The molecule has 136 valence electrons. The van der Waals surface area contributed by atoms with Crippen LogP contribution in [0.2, 0.25) is 0 Å². The highest BCUT2D eigenvalue weighted by Crippen LogP contribution is 2.18. The Balaban J connectivity index is 1.65. The fourth-order valence-electron chi connectivity index (χ4n) is 3.23. The normalized spacial score (nSPS) is 15.1. The number of hydrogen-bond acceptors (Lipinski definition) is 2. The first-order valence-corrected chi connectivity index (χ1v) is 9.10.